The van der Waals surface area contributed by atoms with Gasteiger partial charge in [-0.15, -0.1) is 0 Å². The minimum atomic E-state index is -1.22. The van der Waals surface area contributed by atoms with Crippen LogP contribution in [-0.2, 0) is 0 Å². The molecule has 2 rings (SSSR count). The summed E-state index contributed by atoms with van der Waals surface area (Å²) in [5.41, 5.74) is -0.322. The Morgan fingerprint density at radius 1 is 1.00 bits per heavy atom. The highest BCUT2D eigenvalue weighted by atomic mass is 16.5. The Morgan fingerprint density at radius 2 is 1.55 bits per heavy atom. The first-order valence-corrected chi connectivity index (χ1v) is 5.51. The molecule has 20 heavy (non-hydrogen) atoms. The van der Waals surface area contributed by atoms with Gasteiger partial charge in [0.1, 0.15) is 11.5 Å². The van der Waals surface area contributed by atoms with Crippen molar-refractivity contribution in [3.8, 4) is 11.5 Å². The number of carboxylic acid groups (broad SMARTS) is 1. The zero-order chi connectivity index (χ0) is 14.5. The number of nitrogens with zero attached hydrogens (tertiary/aromatic N) is 2. The van der Waals surface area contributed by atoms with Gasteiger partial charge in [-0.1, -0.05) is 0 Å². The molecule has 1 aromatic carbocycles. The minimum Gasteiger partial charge on any atom is -0.497 e. The minimum absolute atomic E-state index is 0.0779. The number of hydrogen-bond donors (Lipinski definition) is 1. The Morgan fingerprint density at radius 3 is 2.05 bits per heavy atom. The van der Waals surface area contributed by atoms with Gasteiger partial charge in [-0.05, 0) is 24.3 Å². The molecular formula is C13H10N2O5. The van der Waals surface area contributed by atoms with E-state index in [0.29, 0.717) is 11.5 Å². The fourth-order valence-electron chi connectivity index (χ4n) is 1.35. The summed E-state index contributed by atoms with van der Waals surface area (Å²) in [4.78, 5) is 29.6. The van der Waals surface area contributed by atoms with Crippen molar-refractivity contribution in [1.29, 1.82) is 0 Å². The zero-order valence-electron chi connectivity index (χ0n) is 10.4. The fourth-order valence-corrected chi connectivity index (χ4v) is 1.35. The predicted molar refractivity (Wildman–Crippen MR) is 66.9 cm³/mol. The van der Waals surface area contributed by atoms with E-state index in [4.69, 9.17) is 14.6 Å². The van der Waals surface area contributed by atoms with Crippen LogP contribution in [0.15, 0.2) is 36.7 Å². The number of esters is 1. The second-order valence-electron chi connectivity index (χ2n) is 3.66. The molecule has 2 aromatic rings. The molecule has 0 saturated carbocycles. The molecule has 0 atom stereocenters. The highest BCUT2D eigenvalue weighted by Crippen LogP contribution is 2.17. The number of carbonyl (C=O) groups is 2. The first kappa shape index (κ1) is 13.5. The highest BCUT2D eigenvalue weighted by Gasteiger charge is 2.13. The van der Waals surface area contributed by atoms with Crippen molar-refractivity contribution in [2.24, 2.45) is 0 Å². The molecule has 0 amide bonds. The third-order valence-electron chi connectivity index (χ3n) is 2.35. The molecule has 0 spiro atoms. The Labute approximate surface area is 113 Å². The number of hydrogen-bond acceptors (Lipinski definition) is 6. The van der Waals surface area contributed by atoms with E-state index >= 15 is 0 Å². The van der Waals surface area contributed by atoms with Gasteiger partial charge in [-0.3, -0.25) is 0 Å². The number of carboxylic acids is 1. The number of carbonyl (C=O) groups excluding carboxylic acids is 1. The second-order valence-corrected chi connectivity index (χ2v) is 3.66. The normalized spacial score (nSPS) is 9.85. The van der Waals surface area contributed by atoms with Gasteiger partial charge in [-0.25, -0.2) is 19.6 Å². The molecular weight excluding hydrogens is 264 g/mol. The zero-order valence-corrected chi connectivity index (χ0v) is 10.4. The Balaban J connectivity index is 2.08. The molecule has 0 bridgehead atoms. The lowest BCUT2D eigenvalue weighted by Gasteiger charge is -2.04. The molecule has 0 radical (unpaired) electrons. The number of ether oxygens (including phenoxy) is 2. The van der Waals surface area contributed by atoms with Crippen LogP contribution in [-0.4, -0.2) is 34.1 Å². The van der Waals surface area contributed by atoms with Crippen LogP contribution < -0.4 is 9.47 Å². The smallest absolute Gasteiger partial charge is 0.363 e. The lowest BCUT2D eigenvalue weighted by Crippen LogP contribution is -2.12. The van der Waals surface area contributed by atoms with E-state index < -0.39 is 11.9 Å². The van der Waals surface area contributed by atoms with E-state index in [-0.39, 0.29) is 11.4 Å². The first-order valence-electron chi connectivity index (χ1n) is 5.51. The van der Waals surface area contributed by atoms with E-state index in [1.165, 1.54) is 7.11 Å². The van der Waals surface area contributed by atoms with Crippen LogP contribution >= 0.6 is 0 Å². The van der Waals surface area contributed by atoms with Crippen LogP contribution in [0.5, 0.6) is 11.5 Å². The summed E-state index contributed by atoms with van der Waals surface area (Å²) in [6, 6.07) is 6.41. The number of aromatic nitrogens is 2. The maximum Gasteiger partial charge on any atom is 0.363 e. The van der Waals surface area contributed by atoms with Crippen LogP contribution in [0.25, 0.3) is 0 Å². The molecule has 0 aliphatic heterocycles. The summed E-state index contributed by atoms with van der Waals surface area (Å²) in [6.07, 6.45) is 2.04. The van der Waals surface area contributed by atoms with Crippen molar-refractivity contribution in [2.45, 2.75) is 0 Å². The van der Waals surface area contributed by atoms with E-state index in [2.05, 4.69) is 9.97 Å². The predicted octanol–water partition coefficient (Wildman–Crippen LogP) is 1.40. The van der Waals surface area contributed by atoms with Crippen molar-refractivity contribution in [1.82, 2.24) is 9.97 Å². The van der Waals surface area contributed by atoms with Gasteiger partial charge < -0.3 is 14.6 Å². The van der Waals surface area contributed by atoms with E-state index in [0.717, 1.165) is 12.4 Å². The van der Waals surface area contributed by atoms with Gasteiger partial charge in [0.25, 0.3) is 0 Å². The molecule has 1 heterocycles. The molecule has 0 aliphatic carbocycles. The van der Waals surface area contributed by atoms with Gasteiger partial charge in [0, 0.05) is 0 Å². The second kappa shape index (κ2) is 5.79. The molecule has 0 fully saturated rings. The maximum atomic E-state index is 11.7. The summed E-state index contributed by atoms with van der Waals surface area (Å²) in [7, 11) is 1.53. The van der Waals surface area contributed by atoms with Gasteiger partial charge in [0.2, 0.25) is 0 Å². The average Bonchev–Trinajstić information content (AvgIpc) is 2.48. The summed E-state index contributed by atoms with van der Waals surface area (Å²) in [5, 5.41) is 8.67. The van der Waals surface area contributed by atoms with E-state index in [9.17, 15) is 9.59 Å². The third-order valence-corrected chi connectivity index (χ3v) is 2.35. The van der Waals surface area contributed by atoms with E-state index in [1.807, 2.05) is 0 Å². The van der Waals surface area contributed by atoms with Crippen molar-refractivity contribution >= 4 is 11.9 Å². The third kappa shape index (κ3) is 3.08. The molecule has 7 nitrogen and oxygen atoms in total. The molecule has 0 aliphatic rings. The summed E-state index contributed by atoms with van der Waals surface area (Å²) in [5.74, 6) is -0.984. The number of methoxy groups -OCH3 is 1. The summed E-state index contributed by atoms with van der Waals surface area (Å²) < 4.78 is 10.0. The summed E-state index contributed by atoms with van der Waals surface area (Å²) >= 11 is 0. The first-order chi connectivity index (χ1) is 9.60. The molecule has 7 heteroatoms. The van der Waals surface area contributed by atoms with Crippen molar-refractivity contribution in [2.75, 3.05) is 7.11 Å². The van der Waals surface area contributed by atoms with Gasteiger partial charge in [0.05, 0.1) is 19.5 Å². The summed E-state index contributed by atoms with van der Waals surface area (Å²) in [6.45, 7) is 0. The topological polar surface area (TPSA) is 98.6 Å². The van der Waals surface area contributed by atoms with Crippen molar-refractivity contribution in [3.05, 3.63) is 48.0 Å². The van der Waals surface area contributed by atoms with Gasteiger partial charge >= 0.3 is 11.9 Å². The van der Waals surface area contributed by atoms with Crippen LogP contribution in [0.3, 0.4) is 0 Å². The largest absolute Gasteiger partial charge is 0.497 e. The lowest BCUT2D eigenvalue weighted by molar-refractivity contribution is 0.0682. The van der Waals surface area contributed by atoms with Crippen molar-refractivity contribution < 1.29 is 24.2 Å². The number of rotatable bonds is 4. The van der Waals surface area contributed by atoms with Gasteiger partial charge in [-0.2, -0.15) is 0 Å². The molecule has 0 unspecified atom stereocenters. The number of aromatic carboxylic acids is 1. The molecule has 1 N–H and O–H groups in total. The Kier molecular flexibility index (Phi) is 3.90. The van der Waals surface area contributed by atoms with Gasteiger partial charge in [0.15, 0.2) is 11.4 Å². The number of benzene rings is 1. The average molecular weight is 274 g/mol. The van der Waals surface area contributed by atoms with Crippen LogP contribution in [0.2, 0.25) is 0 Å². The maximum absolute atomic E-state index is 11.7. The molecule has 0 saturated heterocycles. The van der Waals surface area contributed by atoms with Crippen LogP contribution in [0, 0.1) is 0 Å². The van der Waals surface area contributed by atoms with Crippen LogP contribution in [0.1, 0.15) is 21.0 Å². The van der Waals surface area contributed by atoms with E-state index in [1.54, 1.807) is 24.3 Å². The fraction of sp³-hybridized carbons (Fsp3) is 0.0769. The molecule has 102 valence electrons. The van der Waals surface area contributed by atoms with Crippen LogP contribution in [0.4, 0.5) is 0 Å². The Bertz CT molecular complexity index is 622. The standard InChI is InChI=1S/C13H10N2O5/c1-19-8-2-4-9(5-3-8)20-13(18)11-7-14-10(6-15-11)12(16)17/h2-7H,1H3,(H,16,17). The SMILES string of the molecule is COc1ccc(OC(=O)c2cnc(C(=O)O)cn2)cc1. The lowest BCUT2D eigenvalue weighted by atomic mass is 10.3. The highest BCUT2D eigenvalue weighted by molar-refractivity contribution is 5.90. The Hall–Kier alpha value is -2.96. The van der Waals surface area contributed by atoms with Crippen molar-refractivity contribution in [3.63, 3.8) is 0 Å². The molecule has 1 aromatic heterocycles. The quantitative estimate of drug-likeness (QED) is 0.664. The monoisotopic (exact) mass is 274 g/mol.